The van der Waals surface area contributed by atoms with Crippen LogP contribution in [0.1, 0.15) is 47.3 Å². The van der Waals surface area contributed by atoms with E-state index in [9.17, 15) is 4.79 Å². The number of amides is 1. The van der Waals surface area contributed by atoms with Gasteiger partial charge in [0.05, 0.1) is 22.3 Å². The largest absolute Gasteiger partial charge is 0.336 e. The molecule has 0 bridgehead atoms. The average Bonchev–Trinajstić information content (AvgIpc) is 3.05. The molecule has 3 aromatic rings. The maximum absolute atomic E-state index is 15.3. The lowest BCUT2D eigenvalue weighted by molar-refractivity contribution is 0.0717. The summed E-state index contributed by atoms with van der Waals surface area (Å²) in [6, 6.07) is 5.36. The number of carbonyl (C=O) groups is 1. The second-order valence-electron chi connectivity index (χ2n) is 6.71. The van der Waals surface area contributed by atoms with E-state index >= 15 is 4.39 Å². The second-order valence-corrected chi connectivity index (χ2v) is 7.60. The van der Waals surface area contributed by atoms with Gasteiger partial charge in [-0.1, -0.05) is 5.16 Å². The van der Waals surface area contributed by atoms with Crippen molar-refractivity contribution in [3.8, 4) is 0 Å². The van der Waals surface area contributed by atoms with Crippen LogP contribution < -0.4 is 0 Å². The fourth-order valence-corrected chi connectivity index (χ4v) is 3.93. The summed E-state index contributed by atoms with van der Waals surface area (Å²) in [5, 5.41) is 3.89. The van der Waals surface area contributed by atoms with Crippen LogP contribution in [0, 0.1) is 0 Å². The Bertz CT molecular complexity index is 966. The van der Waals surface area contributed by atoms with Gasteiger partial charge in [0, 0.05) is 24.4 Å². The SMILES string of the molecule is O=C(c1ccc2ncsc2c1)N1CCC(F)(c2nc(C3CC3)no2)C1. The predicted octanol–water partition coefficient (Wildman–Crippen LogP) is 3.27. The lowest BCUT2D eigenvalue weighted by atomic mass is 10.1. The third-order valence-electron chi connectivity index (χ3n) is 4.85. The first-order valence-electron chi connectivity index (χ1n) is 8.28. The number of thiazole rings is 1. The minimum Gasteiger partial charge on any atom is -0.336 e. The summed E-state index contributed by atoms with van der Waals surface area (Å²) < 4.78 is 21.4. The molecule has 1 aliphatic heterocycles. The topological polar surface area (TPSA) is 72.1 Å². The fraction of sp³-hybridized carbons (Fsp3) is 0.412. The molecule has 2 aromatic heterocycles. The molecule has 0 radical (unpaired) electrons. The number of nitrogens with zero attached hydrogens (tertiary/aromatic N) is 4. The van der Waals surface area contributed by atoms with Gasteiger partial charge in [0.25, 0.3) is 11.8 Å². The van der Waals surface area contributed by atoms with Crippen LogP contribution in [0.15, 0.2) is 28.2 Å². The minimum absolute atomic E-state index is 0.00242. The van der Waals surface area contributed by atoms with Gasteiger partial charge >= 0.3 is 0 Å². The monoisotopic (exact) mass is 358 g/mol. The Kier molecular flexibility index (Phi) is 3.18. The quantitative estimate of drug-likeness (QED) is 0.718. The van der Waals surface area contributed by atoms with Crippen LogP contribution in [0.2, 0.25) is 0 Å². The van der Waals surface area contributed by atoms with Crippen LogP contribution in [0.25, 0.3) is 10.2 Å². The van der Waals surface area contributed by atoms with Crippen molar-refractivity contribution in [2.24, 2.45) is 0 Å². The van der Waals surface area contributed by atoms with Crippen LogP contribution >= 0.6 is 11.3 Å². The first kappa shape index (κ1) is 14.9. The maximum Gasteiger partial charge on any atom is 0.266 e. The standard InChI is InChI=1S/C17H15FN4O2S/c18-17(16-20-14(21-24-16)10-1-2-10)5-6-22(8-17)15(23)11-3-4-12-13(7-11)25-9-19-12/h3-4,7,9-10H,1-2,5-6,8H2. The van der Waals surface area contributed by atoms with Crippen LogP contribution in [-0.4, -0.2) is 39.0 Å². The van der Waals surface area contributed by atoms with Gasteiger partial charge < -0.3 is 9.42 Å². The van der Waals surface area contributed by atoms with Crippen molar-refractivity contribution in [2.75, 3.05) is 13.1 Å². The molecule has 8 heteroatoms. The molecule has 0 N–H and O–H groups in total. The van der Waals surface area contributed by atoms with Crippen LogP contribution in [0.3, 0.4) is 0 Å². The molecule has 2 aliphatic rings. The zero-order valence-electron chi connectivity index (χ0n) is 13.3. The van der Waals surface area contributed by atoms with Crippen molar-refractivity contribution in [2.45, 2.75) is 30.8 Å². The molecule has 1 aromatic carbocycles. The Morgan fingerprint density at radius 2 is 2.28 bits per heavy atom. The second kappa shape index (κ2) is 5.32. The van der Waals surface area contributed by atoms with Crippen molar-refractivity contribution in [3.05, 3.63) is 41.0 Å². The van der Waals surface area contributed by atoms with Gasteiger partial charge in [-0.3, -0.25) is 4.79 Å². The molecule has 5 rings (SSSR count). The van der Waals surface area contributed by atoms with Crippen molar-refractivity contribution >= 4 is 27.5 Å². The molecule has 2 fully saturated rings. The minimum atomic E-state index is -1.76. The Morgan fingerprint density at radius 1 is 1.40 bits per heavy atom. The molecule has 128 valence electrons. The Balaban J connectivity index is 1.37. The summed E-state index contributed by atoms with van der Waals surface area (Å²) in [5.41, 5.74) is 1.39. The molecule has 25 heavy (non-hydrogen) atoms. The number of fused-ring (bicyclic) bond motifs is 1. The molecule has 1 unspecified atom stereocenters. The van der Waals surface area contributed by atoms with E-state index in [0.29, 0.717) is 23.9 Å². The number of hydrogen-bond acceptors (Lipinski definition) is 6. The number of hydrogen-bond donors (Lipinski definition) is 0. The van der Waals surface area contributed by atoms with Gasteiger partial charge in [-0.15, -0.1) is 11.3 Å². The third-order valence-corrected chi connectivity index (χ3v) is 5.64. The van der Waals surface area contributed by atoms with E-state index in [1.807, 2.05) is 12.1 Å². The van der Waals surface area contributed by atoms with Crippen molar-refractivity contribution in [3.63, 3.8) is 0 Å². The normalized spacial score (nSPS) is 23.5. The van der Waals surface area contributed by atoms with Gasteiger partial charge in [0.15, 0.2) is 5.82 Å². The number of likely N-dealkylation sites (tertiary alicyclic amines) is 1. The number of carbonyl (C=O) groups excluding carboxylic acids is 1. The first-order valence-corrected chi connectivity index (χ1v) is 9.16. The zero-order chi connectivity index (χ0) is 17.0. The van der Waals surface area contributed by atoms with Crippen LogP contribution in [0.4, 0.5) is 4.39 Å². The smallest absolute Gasteiger partial charge is 0.266 e. The highest BCUT2D eigenvalue weighted by Crippen LogP contribution is 2.41. The molecule has 1 aliphatic carbocycles. The fourth-order valence-electron chi connectivity index (χ4n) is 3.22. The molecule has 6 nitrogen and oxygen atoms in total. The van der Waals surface area contributed by atoms with E-state index in [4.69, 9.17) is 4.52 Å². The average molecular weight is 358 g/mol. The number of aromatic nitrogens is 3. The highest BCUT2D eigenvalue weighted by Gasteiger charge is 2.47. The first-order chi connectivity index (χ1) is 12.1. The number of alkyl halides is 1. The number of rotatable bonds is 3. The molecule has 1 saturated heterocycles. The Labute approximate surface area is 146 Å². The van der Waals surface area contributed by atoms with Crippen LogP contribution in [-0.2, 0) is 5.67 Å². The summed E-state index contributed by atoms with van der Waals surface area (Å²) in [6.45, 7) is 0.274. The molecule has 3 heterocycles. The van der Waals surface area contributed by atoms with E-state index in [2.05, 4.69) is 15.1 Å². The summed E-state index contributed by atoms with van der Waals surface area (Å²) in [7, 11) is 0. The molecular formula is C17H15FN4O2S. The van der Waals surface area contributed by atoms with E-state index in [1.54, 1.807) is 11.6 Å². The summed E-state index contributed by atoms with van der Waals surface area (Å²) >= 11 is 1.48. The Hall–Kier alpha value is -2.35. The highest BCUT2D eigenvalue weighted by atomic mass is 32.1. The van der Waals surface area contributed by atoms with E-state index in [1.165, 1.54) is 16.2 Å². The highest BCUT2D eigenvalue weighted by molar-refractivity contribution is 7.16. The van der Waals surface area contributed by atoms with Gasteiger partial charge in [-0.25, -0.2) is 9.37 Å². The van der Waals surface area contributed by atoms with E-state index in [0.717, 1.165) is 23.1 Å². The van der Waals surface area contributed by atoms with Gasteiger partial charge in [-0.05, 0) is 31.0 Å². The van der Waals surface area contributed by atoms with E-state index in [-0.39, 0.29) is 24.8 Å². The number of halogens is 1. The lowest BCUT2D eigenvalue weighted by Crippen LogP contribution is -2.32. The predicted molar refractivity (Wildman–Crippen MR) is 89.2 cm³/mol. The summed E-state index contributed by atoms with van der Waals surface area (Å²) in [4.78, 5) is 22.7. The van der Waals surface area contributed by atoms with Gasteiger partial charge in [0.1, 0.15) is 0 Å². The molecule has 0 spiro atoms. The zero-order valence-corrected chi connectivity index (χ0v) is 14.1. The van der Waals surface area contributed by atoms with Crippen LogP contribution in [0.5, 0.6) is 0 Å². The number of benzene rings is 1. The lowest BCUT2D eigenvalue weighted by Gasteiger charge is -2.18. The van der Waals surface area contributed by atoms with Gasteiger partial charge in [0.2, 0.25) is 5.67 Å². The molecule has 1 amide bonds. The summed E-state index contributed by atoms with van der Waals surface area (Å²) in [6.07, 6.45) is 2.24. The van der Waals surface area contributed by atoms with Crippen molar-refractivity contribution < 1.29 is 13.7 Å². The third kappa shape index (κ3) is 2.52. The molecule has 1 atom stereocenters. The van der Waals surface area contributed by atoms with Crippen molar-refractivity contribution in [1.82, 2.24) is 20.0 Å². The van der Waals surface area contributed by atoms with E-state index < -0.39 is 5.67 Å². The summed E-state index contributed by atoms with van der Waals surface area (Å²) in [5.74, 6) is 0.721. The Morgan fingerprint density at radius 3 is 3.12 bits per heavy atom. The maximum atomic E-state index is 15.3. The molecular weight excluding hydrogens is 343 g/mol. The molecule has 1 saturated carbocycles. The van der Waals surface area contributed by atoms with Gasteiger partial charge in [-0.2, -0.15) is 4.98 Å². The van der Waals surface area contributed by atoms with Crippen molar-refractivity contribution in [1.29, 1.82) is 0 Å².